The number of hydrogen-bond donors (Lipinski definition) is 0. The Labute approximate surface area is 474 Å². The van der Waals surface area contributed by atoms with Crippen molar-refractivity contribution in [2.24, 2.45) is 0 Å². The summed E-state index contributed by atoms with van der Waals surface area (Å²) in [6.07, 6.45) is 28.4. The van der Waals surface area contributed by atoms with Gasteiger partial charge in [-0.2, -0.15) is 8.75 Å². The molecule has 6 nitrogen and oxygen atoms in total. The van der Waals surface area contributed by atoms with Crippen LogP contribution in [0.1, 0.15) is 189 Å². The maximum atomic E-state index is 11.4. The van der Waals surface area contributed by atoms with Gasteiger partial charge in [-0.15, -0.1) is 39.2 Å². The van der Waals surface area contributed by atoms with Crippen LogP contribution in [0.4, 0.5) is 0 Å². The van der Waals surface area contributed by atoms with Crippen LogP contribution in [0.25, 0.3) is 66.0 Å². The fourth-order valence-corrected chi connectivity index (χ4v) is 13.0. The Hall–Kier alpha value is -2.34. The Morgan fingerprint density at radius 1 is 0.535 bits per heavy atom. The van der Waals surface area contributed by atoms with E-state index < -0.39 is 10.1 Å². The van der Waals surface area contributed by atoms with Gasteiger partial charge in [-0.1, -0.05) is 233 Å². The number of rotatable bonds is 29. The Kier molecular flexibility index (Phi) is 22.8. The summed E-state index contributed by atoms with van der Waals surface area (Å²) >= 11 is 1.29. The van der Waals surface area contributed by atoms with Gasteiger partial charge in [0.1, 0.15) is 11.0 Å². The van der Waals surface area contributed by atoms with Crippen molar-refractivity contribution in [3.63, 3.8) is 0 Å². The maximum Gasteiger partial charge on any atom is 1.00 e. The molecule has 1 aromatic heterocycles. The molecule has 0 bridgehead atoms. The zero-order valence-electron chi connectivity index (χ0n) is 44.1. The van der Waals surface area contributed by atoms with Crippen molar-refractivity contribution in [2.45, 2.75) is 187 Å². The van der Waals surface area contributed by atoms with Crippen LogP contribution >= 0.6 is 11.7 Å². The summed E-state index contributed by atoms with van der Waals surface area (Å²) in [6, 6.07) is 33.5. The second-order valence-electron chi connectivity index (χ2n) is 20.6. The minimum atomic E-state index is -3.91. The minimum absolute atomic E-state index is 0. The number of hydrogen-bond acceptors (Lipinski definition) is 7. The maximum absolute atomic E-state index is 11.4. The Morgan fingerprint density at radius 2 is 1.01 bits per heavy atom. The number of aromatic nitrogens is 2. The third-order valence-corrected chi connectivity index (χ3v) is 17.1. The number of benzene rings is 5. The SMILES string of the molecule is CCCCCCCCC1(CCCCCCCC)c2cc(C)ccc2-c2ccc(-c3ccc4c5ccc(-c6ccc(C)c7nsnc67)cc5[c-](CCCCCCCCCCCS(=O)(=O)O[O-])c4c3)cc21.[Na+].[Na+]. The normalized spacial score (nSPS) is 12.9. The summed E-state index contributed by atoms with van der Waals surface area (Å²) in [5.41, 5.74) is 17.0. The number of fused-ring (bicyclic) bond motifs is 7. The Balaban J connectivity index is 0.00000413. The van der Waals surface area contributed by atoms with Crippen LogP contribution < -0.4 is 64.4 Å². The van der Waals surface area contributed by atoms with E-state index in [0.29, 0.717) is 6.42 Å². The summed E-state index contributed by atoms with van der Waals surface area (Å²) in [5, 5.41) is 15.7. The standard InChI is InChI=1S/C61H77N2O4S2.2Na/c1-5-7-9-11-19-23-37-61(38-24-20-12-10-8-6-2)57-40-44(3)27-32-53(57)54-36-30-47(43-58(54)61)46-29-34-51-52-35-31-48(49-33-28-45(4)59-60(49)63-68-62-59)42-56(52)50(55(51)41-46)26-22-18-16-14-13-15-17-21-25-39-69(65,66)67-64;;/h27-36,40-43,64H,5-26,37-39H2,1-4H3;;/q-1;2*+1/p-1. The minimum Gasteiger partial charge on any atom is -0.707 e. The molecule has 0 saturated carbocycles. The quantitative estimate of drug-likeness (QED) is 0.0153. The van der Waals surface area contributed by atoms with Crippen molar-refractivity contribution in [1.82, 2.24) is 8.75 Å². The van der Waals surface area contributed by atoms with Crippen LogP contribution in [0.3, 0.4) is 0 Å². The van der Waals surface area contributed by atoms with Gasteiger partial charge in [0.2, 0.25) is 0 Å². The van der Waals surface area contributed by atoms with Gasteiger partial charge in [0.05, 0.1) is 17.5 Å². The molecule has 0 amide bonds. The fourth-order valence-electron chi connectivity index (χ4n) is 11.8. The molecule has 1 aliphatic carbocycles. The van der Waals surface area contributed by atoms with Crippen LogP contribution in [0.2, 0.25) is 0 Å². The molecule has 0 saturated heterocycles. The van der Waals surface area contributed by atoms with Crippen LogP contribution in [0, 0.1) is 13.8 Å². The molecular formula is C61H76N2Na2O4S2. The first kappa shape index (κ1) is 57.9. The van der Waals surface area contributed by atoms with E-state index in [2.05, 4.69) is 121 Å². The van der Waals surface area contributed by atoms with E-state index >= 15 is 0 Å². The monoisotopic (exact) mass is 1010 g/mol. The predicted molar refractivity (Wildman–Crippen MR) is 291 cm³/mol. The third-order valence-electron chi connectivity index (χ3n) is 15.6. The smallest absolute Gasteiger partial charge is 0.707 e. The van der Waals surface area contributed by atoms with E-state index in [1.54, 1.807) is 11.1 Å². The van der Waals surface area contributed by atoms with Gasteiger partial charge in [-0.25, -0.2) is 8.42 Å². The van der Waals surface area contributed by atoms with Crippen LogP contribution in [-0.2, 0) is 26.3 Å². The summed E-state index contributed by atoms with van der Waals surface area (Å²) in [6.45, 7) is 9.03. The van der Waals surface area contributed by atoms with Gasteiger partial charge in [0, 0.05) is 11.0 Å². The first-order valence-corrected chi connectivity index (χ1v) is 29.2. The molecular weight excluding hydrogens is 935 g/mol. The first-order valence-electron chi connectivity index (χ1n) is 26.9. The molecule has 0 aliphatic heterocycles. The van der Waals surface area contributed by atoms with Gasteiger partial charge in [-0.05, 0) is 72.1 Å². The van der Waals surface area contributed by atoms with Crippen molar-refractivity contribution in [3.05, 3.63) is 113 Å². The van der Waals surface area contributed by atoms with Gasteiger partial charge < -0.3 is 9.59 Å². The van der Waals surface area contributed by atoms with E-state index in [9.17, 15) is 13.7 Å². The number of unbranched alkanes of at least 4 members (excludes halogenated alkanes) is 18. The fraction of sp³-hybridized carbons (Fsp3) is 0.492. The summed E-state index contributed by atoms with van der Waals surface area (Å²) in [7, 11) is -3.91. The summed E-state index contributed by atoms with van der Waals surface area (Å²) in [4.78, 5) is 0. The van der Waals surface area contributed by atoms with E-state index in [4.69, 9.17) is 4.37 Å². The zero-order chi connectivity index (χ0) is 48.2. The van der Waals surface area contributed by atoms with Crippen LogP contribution in [-0.4, -0.2) is 22.9 Å². The zero-order valence-corrected chi connectivity index (χ0v) is 49.7. The number of aryl methyl sites for hydroxylation is 3. The van der Waals surface area contributed by atoms with E-state index in [-0.39, 0.29) is 70.3 Å². The average molecular weight is 1010 g/mol. The van der Waals surface area contributed by atoms with E-state index in [1.807, 2.05) is 0 Å². The van der Waals surface area contributed by atoms with Crippen molar-refractivity contribution >= 4 is 54.4 Å². The van der Waals surface area contributed by atoms with Crippen molar-refractivity contribution in [2.75, 3.05) is 5.75 Å². The molecule has 7 aromatic rings. The topological polar surface area (TPSA) is 92.2 Å². The summed E-state index contributed by atoms with van der Waals surface area (Å²) < 4.78 is 35.5. The van der Waals surface area contributed by atoms with Gasteiger partial charge in [0.15, 0.2) is 0 Å². The average Bonchev–Trinajstić information content (AvgIpc) is 4.05. The molecule has 0 spiro atoms. The van der Waals surface area contributed by atoms with Crippen molar-refractivity contribution in [3.8, 4) is 33.4 Å². The molecule has 1 aliphatic rings. The van der Waals surface area contributed by atoms with Crippen molar-refractivity contribution < 1.29 is 77.1 Å². The molecule has 8 rings (SSSR count). The summed E-state index contributed by atoms with van der Waals surface area (Å²) in [5.74, 6) is -0.191. The van der Waals surface area contributed by atoms with Gasteiger partial charge in [-0.3, -0.25) is 0 Å². The molecule has 1 heterocycles. The molecule has 368 valence electrons. The van der Waals surface area contributed by atoms with E-state index in [0.717, 1.165) is 60.7 Å². The van der Waals surface area contributed by atoms with E-state index in [1.165, 1.54) is 181 Å². The largest absolute Gasteiger partial charge is 1.00 e. The Morgan fingerprint density at radius 3 is 1.63 bits per heavy atom. The molecule has 6 aromatic carbocycles. The van der Waals surface area contributed by atoms with Crippen LogP contribution in [0.5, 0.6) is 0 Å². The Bertz CT molecular complexity index is 2910. The molecule has 71 heavy (non-hydrogen) atoms. The molecule has 0 fully saturated rings. The second-order valence-corrected chi connectivity index (χ2v) is 22.8. The number of nitrogens with zero attached hydrogens (tertiary/aromatic N) is 2. The molecule has 0 unspecified atom stereocenters. The van der Waals surface area contributed by atoms with Crippen LogP contribution in [0.15, 0.2) is 84.9 Å². The molecule has 10 heteroatoms. The first-order chi connectivity index (χ1) is 33.7. The molecule has 0 radical (unpaired) electrons. The third kappa shape index (κ3) is 13.9. The molecule has 0 N–H and O–H groups in total. The molecule has 0 atom stereocenters. The van der Waals surface area contributed by atoms with Gasteiger partial charge >= 0.3 is 59.1 Å². The van der Waals surface area contributed by atoms with Crippen molar-refractivity contribution in [1.29, 1.82) is 0 Å². The van der Waals surface area contributed by atoms with Gasteiger partial charge in [0.25, 0.3) is 10.1 Å². The predicted octanol–water partition coefficient (Wildman–Crippen LogP) is 11.1. The second kappa shape index (κ2) is 28.0.